The number of aryl methyl sites for hydroxylation is 1. The molecule has 0 saturated heterocycles. The molecule has 0 spiro atoms. The third kappa shape index (κ3) is 14.4. The molecule has 94 valence electrons. The van der Waals surface area contributed by atoms with Crippen LogP contribution in [0.4, 0.5) is 0 Å². The van der Waals surface area contributed by atoms with Gasteiger partial charge in [0.05, 0.1) is 0 Å². The van der Waals surface area contributed by atoms with Crippen molar-refractivity contribution in [2.24, 2.45) is 0 Å². The average Bonchev–Trinajstić information content (AvgIpc) is 2.40. The molecule has 17 heavy (non-hydrogen) atoms. The zero-order valence-electron chi connectivity index (χ0n) is 11.9. The van der Waals surface area contributed by atoms with E-state index in [-0.39, 0.29) is 0 Å². The van der Waals surface area contributed by atoms with Gasteiger partial charge in [0.2, 0.25) is 0 Å². The molecule has 0 aliphatic carbocycles. The highest BCUT2D eigenvalue weighted by atomic mass is 13.8. The fourth-order valence-electron chi connectivity index (χ4n) is 0.850. The van der Waals surface area contributed by atoms with E-state index in [0.717, 1.165) is 0 Å². The van der Waals surface area contributed by atoms with Gasteiger partial charge in [-0.2, -0.15) is 0 Å². The summed E-state index contributed by atoms with van der Waals surface area (Å²) in [5, 5.41) is 0. The molecule has 0 atom stereocenters. The smallest absolute Gasteiger partial charge is 0.0398 e. The normalized spacial score (nSPS) is 9.82. The molecule has 0 saturated carbocycles. The van der Waals surface area contributed by atoms with Crippen molar-refractivity contribution in [2.75, 3.05) is 0 Å². The zero-order valence-corrected chi connectivity index (χ0v) is 11.9. The summed E-state index contributed by atoms with van der Waals surface area (Å²) in [6.07, 6.45) is 7.77. The van der Waals surface area contributed by atoms with Crippen molar-refractivity contribution in [3.8, 4) is 0 Å². The minimum atomic E-state index is 1.27. The van der Waals surface area contributed by atoms with Crippen molar-refractivity contribution >= 4 is 0 Å². The van der Waals surface area contributed by atoms with E-state index in [1.807, 2.05) is 51.1 Å². The zero-order chi connectivity index (χ0) is 13.5. The van der Waals surface area contributed by atoms with Crippen LogP contribution < -0.4 is 0 Å². The predicted octanol–water partition coefficient (Wildman–Crippen LogP) is 5.72. The number of benzene rings is 1. The summed E-state index contributed by atoms with van der Waals surface area (Å²) in [6, 6.07) is 10.3. The monoisotopic (exact) mass is 230 g/mol. The van der Waals surface area contributed by atoms with E-state index < -0.39 is 0 Å². The number of allylic oxidation sites excluding steroid dienone is 5. The third-order valence-corrected chi connectivity index (χ3v) is 1.89. The van der Waals surface area contributed by atoms with Crippen LogP contribution >= 0.6 is 0 Å². The van der Waals surface area contributed by atoms with Gasteiger partial charge in [-0.25, -0.2) is 0 Å². The Morgan fingerprint density at radius 3 is 1.94 bits per heavy atom. The Balaban J connectivity index is 0. The lowest BCUT2D eigenvalue weighted by molar-refractivity contribution is 1.48. The van der Waals surface area contributed by atoms with Gasteiger partial charge in [0.25, 0.3) is 0 Å². The molecule has 0 aliphatic heterocycles. The number of hydrogen-bond acceptors (Lipinski definition) is 0. The Morgan fingerprint density at radius 2 is 1.65 bits per heavy atom. The van der Waals surface area contributed by atoms with Crippen LogP contribution in [0.2, 0.25) is 0 Å². The summed E-state index contributed by atoms with van der Waals surface area (Å²) < 4.78 is 0. The molecule has 0 bridgehead atoms. The third-order valence-electron chi connectivity index (χ3n) is 1.89. The topological polar surface area (TPSA) is 0 Å². The fourth-order valence-corrected chi connectivity index (χ4v) is 0.850. The van der Waals surface area contributed by atoms with Crippen LogP contribution in [-0.2, 0) is 0 Å². The summed E-state index contributed by atoms with van der Waals surface area (Å²) in [4.78, 5) is 0. The molecule has 0 aromatic heterocycles. The first-order chi connectivity index (χ1) is 8.20. The Hall–Kier alpha value is -1.56. The molecule has 0 unspecified atom stereocenters. The molecular formula is C17H26. The first-order valence-corrected chi connectivity index (χ1v) is 6.14. The van der Waals surface area contributed by atoms with Crippen molar-refractivity contribution in [1.82, 2.24) is 0 Å². The highest BCUT2D eigenvalue weighted by Gasteiger charge is 1.72. The van der Waals surface area contributed by atoms with E-state index >= 15 is 0 Å². The summed E-state index contributed by atoms with van der Waals surface area (Å²) in [7, 11) is 0. The molecule has 0 amide bonds. The van der Waals surface area contributed by atoms with Gasteiger partial charge in [0.15, 0.2) is 0 Å². The minimum absolute atomic E-state index is 1.27. The van der Waals surface area contributed by atoms with Gasteiger partial charge in [0.1, 0.15) is 0 Å². The van der Waals surface area contributed by atoms with Crippen molar-refractivity contribution in [3.05, 3.63) is 72.4 Å². The molecule has 0 heteroatoms. The summed E-state index contributed by atoms with van der Waals surface area (Å²) in [5.74, 6) is 0. The maximum Gasteiger partial charge on any atom is -0.0398 e. The lowest BCUT2D eigenvalue weighted by Crippen LogP contribution is -1.62. The lowest BCUT2D eigenvalue weighted by atomic mass is 10.2. The van der Waals surface area contributed by atoms with Crippen molar-refractivity contribution in [1.29, 1.82) is 0 Å². The highest BCUT2D eigenvalue weighted by Crippen LogP contribution is 1.92. The second-order valence-electron chi connectivity index (χ2n) is 3.28. The van der Waals surface area contributed by atoms with E-state index in [9.17, 15) is 0 Å². The second kappa shape index (κ2) is 14.4. The van der Waals surface area contributed by atoms with Gasteiger partial charge in [0, 0.05) is 0 Å². The first-order valence-electron chi connectivity index (χ1n) is 6.14. The van der Waals surface area contributed by atoms with Crippen LogP contribution in [0.25, 0.3) is 0 Å². The van der Waals surface area contributed by atoms with E-state index in [1.54, 1.807) is 6.08 Å². The largest absolute Gasteiger partial charge is 0.0991 e. The minimum Gasteiger partial charge on any atom is -0.0991 e. The van der Waals surface area contributed by atoms with E-state index in [4.69, 9.17) is 0 Å². The van der Waals surface area contributed by atoms with Crippen LogP contribution in [0.1, 0.15) is 33.3 Å². The Labute approximate surface area is 107 Å². The van der Waals surface area contributed by atoms with Crippen molar-refractivity contribution < 1.29 is 0 Å². The van der Waals surface area contributed by atoms with Gasteiger partial charge < -0.3 is 0 Å². The fraction of sp³-hybridized carbons (Fsp3) is 0.294. The van der Waals surface area contributed by atoms with Gasteiger partial charge >= 0.3 is 0 Å². The standard InChI is InChI=1S/C8H12.C7H8.C2H6/c1-4-6-7-8(3)5-2;1-7-5-3-2-4-6-7;1-2/h4-7H,1H2,2-3H3;2-6H,1H3;1-2H3/b7-6-,8-5-;;. The average molecular weight is 230 g/mol. The summed E-state index contributed by atoms with van der Waals surface area (Å²) >= 11 is 0. The highest BCUT2D eigenvalue weighted by molar-refractivity contribution is 5.18. The Kier molecular flexibility index (Phi) is 15.1. The van der Waals surface area contributed by atoms with Gasteiger partial charge in [-0.3, -0.25) is 0 Å². The summed E-state index contributed by atoms with van der Waals surface area (Å²) in [5.41, 5.74) is 2.59. The molecule has 1 aromatic rings. The molecule has 0 N–H and O–H groups in total. The van der Waals surface area contributed by atoms with Crippen LogP contribution in [0.3, 0.4) is 0 Å². The number of rotatable bonds is 2. The SMILES string of the molecule is C=C/C=C\C(C)=C/C.CC.Cc1ccccc1. The molecule has 0 fully saturated rings. The molecule has 0 aliphatic rings. The second-order valence-corrected chi connectivity index (χ2v) is 3.28. The van der Waals surface area contributed by atoms with Crippen molar-refractivity contribution in [3.63, 3.8) is 0 Å². The molecule has 1 rings (SSSR count). The molecule has 0 heterocycles. The van der Waals surface area contributed by atoms with E-state index in [1.165, 1.54) is 11.1 Å². The predicted molar refractivity (Wildman–Crippen MR) is 81.3 cm³/mol. The van der Waals surface area contributed by atoms with Crippen LogP contribution in [0.5, 0.6) is 0 Å². The number of hydrogen-bond donors (Lipinski definition) is 0. The van der Waals surface area contributed by atoms with Crippen LogP contribution in [0, 0.1) is 6.92 Å². The van der Waals surface area contributed by atoms with Crippen molar-refractivity contribution in [2.45, 2.75) is 34.6 Å². The lowest BCUT2D eigenvalue weighted by Gasteiger charge is -1.82. The first kappa shape index (κ1) is 17.8. The molecule has 1 aromatic carbocycles. The van der Waals surface area contributed by atoms with Gasteiger partial charge in [-0.05, 0) is 20.8 Å². The quantitative estimate of drug-likeness (QED) is 0.570. The Morgan fingerprint density at radius 1 is 1.12 bits per heavy atom. The molecule has 0 radical (unpaired) electrons. The maximum absolute atomic E-state index is 3.55. The van der Waals surface area contributed by atoms with Crippen LogP contribution in [0.15, 0.2) is 66.8 Å². The maximum atomic E-state index is 3.55. The van der Waals surface area contributed by atoms with E-state index in [0.29, 0.717) is 0 Å². The van der Waals surface area contributed by atoms with E-state index in [2.05, 4.69) is 38.6 Å². The Bertz CT molecular complexity index is 315. The molecule has 0 nitrogen and oxygen atoms in total. The summed E-state index contributed by atoms with van der Waals surface area (Å²) in [6.45, 7) is 13.7. The van der Waals surface area contributed by atoms with Gasteiger partial charge in [-0.1, -0.05) is 86.2 Å². The molecular weight excluding hydrogens is 204 g/mol. The van der Waals surface area contributed by atoms with Gasteiger partial charge in [-0.15, -0.1) is 0 Å². The van der Waals surface area contributed by atoms with Crippen LogP contribution in [-0.4, -0.2) is 0 Å².